The number of benzene rings is 2. The largest absolute Gasteiger partial charge is 0.452 e. The fourth-order valence-corrected chi connectivity index (χ4v) is 3.23. The van der Waals surface area contributed by atoms with Crippen molar-refractivity contribution in [2.24, 2.45) is 0 Å². The van der Waals surface area contributed by atoms with E-state index in [1.54, 1.807) is 6.26 Å². The number of nitrogens with one attached hydrogen (secondary N) is 1. The molecule has 0 aliphatic rings. The summed E-state index contributed by atoms with van der Waals surface area (Å²) in [7, 11) is 0. The Balaban J connectivity index is 1.89. The fraction of sp³-hybridized carbons (Fsp3) is 0.300. The van der Waals surface area contributed by atoms with Gasteiger partial charge in [-0.15, -0.1) is 11.8 Å². The van der Waals surface area contributed by atoms with Crippen molar-refractivity contribution in [1.82, 2.24) is 5.32 Å². The van der Waals surface area contributed by atoms with Crippen LogP contribution in [-0.4, -0.2) is 36.2 Å². The Labute approximate surface area is 167 Å². The Morgan fingerprint density at radius 3 is 2.54 bits per heavy atom. The second kappa shape index (κ2) is 10.5. The Kier molecular flexibility index (Phi) is 8.01. The van der Waals surface area contributed by atoms with Gasteiger partial charge in [-0.1, -0.05) is 37.3 Å². The van der Waals surface area contributed by atoms with Crippen LogP contribution in [0, 0.1) is 10.1 Å². The lowest BCUT2D eigenvalue weighted by Gasteiger charge is -2.16. The van der Waals surface area contributed by atoms with E-state index in [9.17, 15) is 19.7 Å². The molecule has 0 radical (unpaired) electrons. The third-order valence-corrected chi connectivity index (χ3v) is 5.04. The number of nitro benzene ring substituents is 1. The SMILES string of the molecule is CC[C@H](CNC(=O)COC(=O)c1ccc(SC)c([N+](=O)[O-])c1)c1ccccc1. The zero-order valence-electron chi connectivity index (χ0n) is 15.7. The molecule has 0 heterocycles. The normalized spacial score (nSPS) is 11.5. The van der Waals surface area contributed by atoms with E-state index in [0.717, 1.165) is 18.1 Å². The summed E-state index contributed by atoms with van der Waals surface area (Å²) in [5.41, 5.74) is 0.997. The van der Waals surface area contributed by atoms with E-state index in [2.05, 4.69) is 5.32 Å². The molecule has 0 aromatic heterocycles. The molecule has 0 aliphatic carbocycles. The monoisotopic (exact) mass is 402 g/mol. The summed E-state index contributed by atoms with van der Waals surface area (Å²) in [6.45, 7) is 2.03. The molecule has 1 N–H and O–H groups in total. The van der Waals surface area contributed by atoms with Crippen LogP contribution < -0.4 is 5.32 Å². The molecule has 0 unspecified atom stereocenters. The topological polar surface area (TPSA) is 98.5 Å². The van der Waals surface area contributed by atoms with E-state index in [0.29, 0.717) is 11.4 Å². The summed E-state index contributed by atoms with van der Waals surface area (Å²) in [6.07, 6.45) is 2.57. The first-order valence-electron chi connectivity index (χ1n) is 8.77. The fourth-order valence-electron chi connectivity index (χ4n) is 2.69. The zero-order chi connectivity index (χ0) is 20.5. The molecule has 0 saturated heterocycles. The van der Waals surface area contributed by atoms with Crippen molar-refractivity contribution in [2.75, 3.05) is 19.4 Å². The average Bonchev–Trinajstić information content (AvgIpc) is 2.72. The summed E-state index contributed by atoms with van der Waals surface area (Å²) in [5.74, 6) is -1.03. The summed E-state index contributed by atoms with van der Waals surface area (Å²) in [5, 5.41) is 13.9. The van der Waals surface area contributed by atoms with Gasteiger partial charge in [0.2, 0.25) is 0 Å². The lowest BCUT2D eigenvalue weighted by molar-refractivity contribution is -0.387. The molecular formula is C20H22N2O5S. The number of hydrogen-bond acceptors (Lipinski definition) is 6. The number of carbonyl (C=O) groups is 2. The number of hydrogen-bond donors (Lipinski definition) is 1. The summed E-state index contributed by atoms with van der Waals surface area (Å²) >= 11 is 1.21. The van der Waals surface area contributed by atoms with Gasteiger partial charge in [-0.3, -0.25) is 14.9 Å². The number of nitro groups is 1. The van der Waals surface area contributed by atoms with Gasteiger partial charge in [-0.25, -0.2) is 4.79 Å². The number of nitrogens with zero attached hydrogens (tertiary/aromatic N) is 1. The van der Waals surface area contributed by atoms with Crippen molar-refractivity contribution in [3.05, 3.63) is 69.8 Å². The molecule has 8 heteroatoms. The molecule has 2 aromatic carbocycles. The molecule has 0 saturated carbocycles. The van der Waals surface area contributed by atoms with Crippen LogP contribution in [0.3, 0.4) is 0 Å². The summed E-state index contributed by atoms with van der Waals surface area (Å²) in [4.78, 5) is 35.1. The molecule has 1 amide bonds. The van der Waals surface area contributed by atoms with Crippen molar-refractivity contribution in [1.29, 1.82) is 0 Å². The number of ether oxygens (including phenoxy) is 1. The predicted octanol–water partition coefficient (Wildman–Crippen LogP) is 3.78. The van der Waals surface area contributed by atoms with Crippen LogP contribution in [0.15, 0.2) is 53.4 Å². The Bertz CT molecular complexity index is 842. The first kappa shape index (κ1) is 21.4. The third kappa shape index (κ3) is 5.82. The highest BCUT2D eigenvalue weighted by molar-refractivity contribution is 7.98. The minimum absolute atomic E-state index is 0.0352. The Morgan fingerprint density at radius 1 is 1.21 bits per heavy atom. The van der Waals surface area contributed by atoms with Crippen LogP contribution >= 0.6 is 11.8 Å². The Hall–Kier alpha value is -2.87. The van der Waals surface area contributed by atoms with Crippen molar-refractivity contribution in [3.8, 4) is 0 Å². The van der Waals surface area contributed by atoms with Crippen LogP contribution in [0.1, 0.15) is 35.2 Å². The van der Waals surface area contributed by atoms with Gasteiger partial charge in [0.15, 0.2) is 6.61 Å². The third-order valence-electron chi connectivity index (χ3n) is 4.26. The molecule has 7 nitrogen and oxygen atoms in total. The average molecular weight is 402 g/mol. The van der Waals surface area contributed by atoms with E-state index < -0.39 is 23.4 Å². The van der Waals surface area contributed by atoms with Gasteiger partial charge >= 0.3 is 5.97 Å². The highest BCUT2D eigenvalue weighted by Crippen LogP contribution is 2.28. The van der Waals surface area contributed by atoms with Crippen LogP contribution in [-0.2, 0) is 9.53 Å². The second-order valence-corrected chi connectivity index (χ2v) is 6.89. The lowest BCUT2D eigenvalue weighted by atomic mass is 9.96. The minimum atomic E-state index is -0.777. The molecule has 0 spiro atoms. The minimum Gasteiger partial charge on any atom is -0.452 e. The number of thioether (sulfide) groups is 1. The first-order valence-corrected chi connectivity index (χ1v) is 10.00. The van der Waals surface area contributed by atoms with Crippen LogP contribution in [0.4, 0.5) is 5.69 Å². The van der Waals surface area contributed by atoms with E-state index in [1.807, 2.05) is 37.3 Å². The van der Waals surface area contributed by atoms with Gasteiger partial charge in [0.05, 0.1) is 15.4 Å². The van der Waals surface area contributed by atoms with E-state index in [1.165, 1.54) is 23.9 Å². The molecule has 1 atom stereocenters. The molecule has 0 aliphatic heterocycles. The molecule has 0 bridgehead atoms. The molecular weight excluding hydrogens is 380 g/mol. The maximum absolute atomic E-state index is 12.1. The van der Waals surface area contributed by atoms with Gasteiger partial charge in [-0.2, -0.15) is 0 Å². The van der Waals surface area contributed by atoms with Gasteiger partial charge in [0, 0.05) is 18.5 Å². The lowest BCUT2D eigenvalue weighted by Crippen LogP contribution is -2.32. The maximum atomic E-state index is 12.1. The maximum Gasteiger partial charge on any atom is 0.338 e. The summed E-state index contributed by atoms with van der Waals surface area (Å²) in [6, 6.07) is 13.9. The molecule has 2 rings (SSSR count). The number of rotatable bonds is 9. The number of esters is 1. The zero-order valence-corrected chi connectivity index (χ0v) is 16.5. The van der Waals surface area contributed by atoms with Gasteiger partial charge in [0.1, 0.15) is 0 Å². The van der Waals surface area contributed by atoms with Crippen molar-refractivity contribution in [2.45, 2.75) is 24.2 Å². The number of carbonyl (C=O) groups excluding carboxylic acids is 2. The molecule has 2 aromatic rings. The number of amides is 1. The standard InChI is InChI=1S/C20H22N2O5S/c1-3-14(15-7-5-4-6-8-15)12-21-19(23)13-27-20(24)16-9-10-18(28-2)17(11-16)22(25)26/h4-11,14H,3,12-13H2,1-2H3,(H,21,23)/t14-/m1/s1. The van der Waals surface area contributed by atoms with Gasteiger partial charge in [0.25, 0.3) is 11.6 Å². The molecule has 148 valence electrons. The smallest absolute Gasteiger partial charge is 0.338 e. The highest BCUT2D eigenvalue weighted by Gasteiger charge is 2.19. The van der Waals surface area contributed by atoms with Crippen molar-refractivity contribution in [3.63, 3.8) is 0 Å². The van der Waals surface area contributed by atoms with Crippen molar-refractivity contribution < 1.29 is 19.2 Å². The second-order valence-electron chi connectivity index (χ2n) is 6.04. The van der Waals surface area contributed by atoms with E-state index in [-0.39, 0.29) is 17.2 Å². The predicted molar refractivity (Wildman–Crippen MR) is 108 cm³/mol. The highest BCUT2D eigenvalue weighted by atomic mass is 32.2. The molecule has 28 heavy (non-hydrogen) atoms. The van der Waals surface area contributed by atoms with Crippen LogP contribution in [0.25, 0.3) is 0 Å². The van der Waals surface area contributed by atoms with E-state index in [4.69, 9.17) is 4.74 Å². The van der Waals surface area contributed by atoms with E-state index >= 15 is 0 Å². The van der Waals surface area contributed by atoms with Crippen molar-refractivity contribution >= 4 is 29.3 Å². The first-order chi connectivity index (χ1) is 13.5. The Morgan fingerprint density at radius 2 is 1.93 bits per heavy atom. The molecule has 0 fully saturated rings. The van der Waals surface area contributed by atoms with Gasteiger partial charge in [-0.05, 0) is 30.4 Å². The van der Waals surface area contributed by atoms with Crippen LogP contribution in [0.5, 0.6) is 0 Å². The van der Waals surface area contributed by atoms with Crippen LogP contribution in [0.2, 0.25) is 0 Å². The quantitative estimate of drug-likeness (QED) is 0.297. The summed E-state index contributed by atoms with van der Waals surface area (Å²) < 4.78 is 4.99. The van der Waals surface area contributed by atoms with Gasteiger partial charge < -0.3 is 10.1 Å².